The lowest BCUT2D eigenvalue weighted by molar-refractivity contribution is 1.33. The van der Waals surface area contributed by atoms with Crippen LogP contribution in [0.4, 0.5) is 0 Å². The first-order valence-electron chi connectivity index (χ1n) is 6.31. The maximum atomic E-state index is 6.01. The molecule has 0 amide bonds. The number of benzene rings is 2. The molecule has 1 N–H and O–H groups in total. The smallest absolute Gasteiger partial charge is 0.139 e. The number of nitrogens with one attached hydrogen (secondary N) is 1. The van der Waals surface area contributed by atoms with Crippen molar-refractivity contribution < 1.29 is 0 Å². The van der Waals surface area contributed by atoms with Gasteiger partial charge in [0.05, 0.1) is 16.6 Å². The largest absolute Gasteiger partial charge is 0.338 e. The van der Waals surface area contributed by atoms with E-state index in [2.05, 4.69) is 21.0 Å². The van der Waals surface area contributed by atoms with Crippen molar-refractivity contribution >= 4 is 33.5 Å². The first-order chi connectivity index (χ1) is 9.81. The van der Waals surface area contributed by atoms with E-state index in [4.69, 9.17) is 11.6 Å². The molecule has 4 heteroatoms. The molecule has 0 spiro atoms. The lowest BCUT2D eigenvalue weighted by atomic mass is 10.1. The highest BCUT2D eigenvalue weighted by molar-refractivity contribution is 6.31. The van der Waals surface area contributed by atoms with Crippen LogP contribution in [-0.4, -0.2) is 15.0 Å². The monoisotopic (exact) mass is 279 g/mol. The zero-order chi connectivity index (χ0) is 13.5. The summed E-state index contributed by atoms with van der Waals surface area (Å²) in [6.45, 7) is 0. The minimum Gasteiger partial charge on any atom is -0.338 e. The van der Waals surface area contributed by atoms with E-state index < -0.39 is 0 Å². The van der Waals surface area contributed by atoms with Gasteiger partial charge in [-0.05, 0) is 30.3 Å². The molecule has 0 unspecified atom stereocenters. The molecule has 3 nitrogen and oxygen atoms in total. The second-order valence-corrected chi connectivity index (χ2v) is 5.06. The zero-order valence-corrected chi connectivity index (χ0v) is 11.2. The maximum absolute atomic E-state index is 6.01. The Morgan fingerprint density at radius 3 is 2.80 bits per heavy atom. The molecule has 0 atom stereocenters. The van der Waals surface area contributed by atoms with E-state index >= 15 is 0 Å². The molecule has 2 heterocycles. The number of nitrogens with zero attached hydrogens (tertiary/aromatic N) is 2. The Morgan fingerprint density at radius 2 is 1.85 bits per heavy atom. The topological polar surface area (TPSA) is 41.6 Å². The summed E-state index contributed by atoms with van der Waals surface area (Å²) in [5, 5.41) is 1.78. The number of hydrogen-bond donors (Lipinski definition) is 1. The number of para-hydroxylation sites is 1. The number of aromatic amines is 1. The van der Waals surface area contributed by atoms with Crippen molar-refractivity contribution in [3.8, 4) is 11.4 Å². The molecule has 4 rings (SSSR count). The van der Waals surface area contributed by atoms with Gasteiger partial charge >= 0.3 is 0 Å². The number of H-pyrrole nitrogens is 1. The fraction of sp³-hybridized carbons (Fsp3) is 0. The van der Waals surface area contributed by atoms with Crippen LogP contribution in [0.3, 0.4) is 0 Å². The standard InChI is InChI=1S/C16H10ClN3/c17-10-5-6-14-15(9-10)20-16(19-14)12-7-8-18-13-4-2-1-3-11(12)13/h1-9H,(H,19,20). The van der Waals surface area contributed by atoms with Crippen LogP contribution in [0.2, 0.25) is 5.02 Å². The molecular formula is C16H10ClN3. The van der Waals surface area contributed by atoms with Crippen LogP contribution >= 0.6 is 11.6 Å². The number of hydrogen-bond acceptors (Lipinski definition) is 2. The van der Waals surface area contributed by atoms with Gasteiger partial charge in [-0.15, -0.1) is 0 Å². The van der Waals surface area contributed by atoms with E-state index in [-0.39, 0.29) is 0 Å². The van der Waals surface area contributed by atoms with Gasteiger partial charge < -0.3 is 4.98 Å². The Kier molecular flexibility index (Phi) is 2.47. The summed E-state index contributed by atoms with van der Waals surface area (Å²) in [7, 11) is 0. The van der Waals surface area contributed by atoms with Crippen molar-refractivity contribution in [1.29, 1.82) is 0 Å². The summed E-state index contributed by atoms with van der Waals surface area (Å²) in [6.07, 6.45) is 1.80. The summed E-state index contributed by atoms with van der Waals surface area (Å²) in [6, 6.07) is 15.7. The number of imidazole rings is 1. The van der Waals surface area contributed by atoms with Crippen molar-refractivity contribution in [3.05, 3.63) is 59.8 Å². The Morgan fingerprint density at radius 1 is 0.950 bits per heavy atom. The Bertz CT molecular complexity index is 922. The summed E-state index contributed by atoms with van der Waals surface area (Å²) in [4.78, 5) is 12.3. The summed E-state index contributed by atoms with van der Waals surface area (Å²) in [5.74, 6) is 0.834. The molecule has 2 aromatic heterocycles. The molecule has 0 bridgehead atoms. The highest BCUT2D eigenvalue weighted by Crippen LogP contribution is 2.27. The zero-order valence-electron chi connectivity index (χ0n) is 10.5. The van der Waals surface area contributed by atoms with Crippen LogP contribution in [0.1, 0.15) is 0 Å². The van der Waals surface area contributed by atoms with Gasteiger partial charge in [0.2, 0.25) is 0 Å². The number of fused-ring (bicyclic) bond motifs is 2. The Labute approximate surface area is 120 Å². The van der Waals surface area contributed by atoms with Gasteiger partial charge in [-0.1, -0.05) is 29.8 Å². The van der Waals surface area contributed by atoms with Gasteiger partial charge in [0.1, 0.15) is 5.82 Å². The Balaban J connectivity index is 2.01. The van der Waals surface area contributed by atoms with Crippen molar-refractivity contribution in [2.24, 2.45) is 0 Å². The van der Waals surface area contributed by atoms with Crippen LogP contribution in [-0.2, 0) is 0 Å². The van der Waals surface area contributed by atoms with Gasteiger partial charge in [0.25, 0.3) is 0 Å². The molecule has 4 aromatic rings. The highest BCUT2D eigenvalue weighted by atomic mass is 35.5. The van der Waals surface area contributed by atoms with E-state index in [1.165, 1.54) is 0 Å². The number of aromatic nitrogens is 3. The van der Waals surface area contributed by atoms with Crippen molar-refractivity contribution in [2.45, 2.75) is 0 Å². The molecule has 96 valence electrons. The molecule has 0 aliphatic rings. The molecule has 0 radical (unpaired) electrons. The average molecular weight is 280 g/mol. The van der Waals surface area contributed by atoms with E-state index in [1.807, 2.05) is 42.5 Å². The fourth-order valence-electron chi connectivity index (χ4n) is 2.41. The quantitative estimate of drug-likeness (QED) is 0.560. The van der Waals surface area contributed by atoms with Gasteiger partial charge in [0, 0.05) is 22.2 Å². The van der Waals surface area contributed by atoms with E-state index in [9.17, 15) is 0 Å². The van der Waals surface area contributed by atoms with Gasteiger partial charge in [-0.2, -0.15) is 0 Å². The molecule has 0 saturated carbocycles. The maximum Gasteiger partial charge on any atom is 0.139 e. The van der Waals surface area contributed by atoms with E-state index in [0.717, 1.165) is 33.3 Å². The van der Waals surface area contributed by atoms with Crippen molar-refractivity contribution in [2.75, 3.05) is 0 Å². The molecule has 20 heavy (non-hydrogen) atoms. The number of pyridine rings is 1. The third kappa shape index (κ3) is 1.75. The van der Waals surface area contributed by atoms with Gasteiger partial charge in [0.15, 0.2) is 0 Å². The lowest BCUT2D eigenvalue weighted by Gasteiger charge is -2.02. The molecule has 0 aliphatic carbocycles. The first-order valence-corrected chi connectivity index (χ1v) is 6.68. The SMILES string of the molecule is Clc1ccc2nc(-c3ccnc4ccccc34)[nH]c2c1. The predicted octanol–water partition coefficient (Wildman–Crippen LogP) is 4.43. The summed E-state index contributed by atoms with van der Waals surface area (Å²) >= 11 is 6.01. The summed E-state index contributed by atoms with van der Waals surface area (Å²) < 4.78 is 0. The van der Waals surface area contributed by atoms with Crippen LogP contribution < -0.4 is 0 Å². The Hall–Kier alpha value is -2.39. The molecule has 0 aliphatic heterocycles. The predicted molar refractivity (Wildman–Crippen MR) is 81.8 cm³/mol. The van der Waals surface area contributed by atoms with Crippen LogP contribution in [0, 0.1) is 0 Å². The lowest BCUT2D eigenvalue weighted by Crippen LogP contribution is -1.85. The van der Waals surface area contributed by atoms with Crippen LogP contribution in [0.15, 0.2) is 54.7 Å². The first kappa shape index (κ1) is 11.4. The molecule has 0 saturated heterocycles. The fourth-order valence-corrected chi connectivity index (χ4v) is 2.58. The molecule has 0 fully saturated rings. The normalized spacial score (nSPS) is 11.2. The van der Waals surface area contributed by atoms with Crippen LogP contribution in [0.25, 0.3) is 33.3 Å². The minimum absolute atomic E-state index is 0.701. The van der Waals surface area contributed by atoms with E-state index in [1.54, 1.807) is 6.20 Å². The van der Waals surface area contributed by atoms with Gasteiger partial charge in [-0.25, -0.2) is 4.98 Å². The molecular weight excluding hydrogens is 270 g/mol. The van der Waals surface area contributed by atoms with Crippen molar-refractivity contribution in [3.63, 3.8) is 0 Å². The van der Waals surface area contributed by atoms with Crippen molar-refractivity contribution in [1.82, 2.24) is 15.0 Å². The van der Waals surface area contributed by atoms with Crippen LogP contribution in [0.5, 0.6) is 0 Å². The number of rotatable bonds is 1. The van der Waals surface area contributed by atoms with E-state index in [0.29, 0.717) is 5.02 Å². The third-order valence-electron chi connectivity index (χ3n) is 3.35. The minimum atomic E-state index is 0.701. The molecule has 2 aromatic carbocycles. The second-order valence-electron chi connectivity index (χ2n) is 4.62. The summed E-state index contributed by atoms with van der Waals surface area (Å²) in [5.41, 5.74) is 3.85. The average Bonchev–Trinajstić information content (AvgIpc) is 2.89. The third-order valence-corrected chi connectivity index (χ3v) is 3.58. The van der Waals surface area contributed by atoms with Gasteiger partial charge in [-0.3, -0.25) is 4.98 Å². The second kappa shape index (κ2) is 4.32. The highest BCUT2D eigenvalue weighted by Gasteiger charge is 2.09. The number of halogens is 1.